The Morgan fingerprint density at radius 1 is 1.09 bits per heavy atom. The molecule has 3 N–H and O–H groups in total. The van der Waals surface area contributed by atoms with E-state index >= 15 is 0 Å². The quantitative estimate of drug-likeness (QED) is 0.454. The molecular formula is C22H21F2N5O4S. The van der Waals surface area contributed by atoms with Crippen molar-refractivity contribution in [3.63, 3.8) is 0 Å². The Kier molecular flexibility index (Phi) is 6.87. The van der Waals surface area contributed by atoms with E-state index in [9.17, 15) is 18.4 Å². The van der Waals surface area contributed by atoms with E-state index in [1.807, 2.05) is 13.0 Å². The molecule has 34 heavy (non-hydrogen) atoms. The van der Waals surface area contributed by atoms with Crippen LogP contribution in [0.3, 0.4) is 0 Å². The lowest BCUT2D eigenvalue weighted by molar-refractivity contribution is -0.119. The fraction of sp³-hybridized carbons (Fsp3) is 0.273. The summed E-state index contributed by atoms with van der Waals surface area (Å²) in [4.78, 5) is 25.3. The van der Waals surface area contributed by atoms with Gasteiger partial charge < -0.3 is 20.1 Å². The molecule has 0 bridgehead atoms. The van der Waals surface area contributed by atoms with E-state index in [-0.39, 0.29) is 23.5 Å². The van der Waals surface area contributed by atoms with Gasteiger partial charge in [0.1, 0.15) is 22.7 Å². The lowest BCUT2D eigenvalue weighted by Crippen LogP contribution is -2.49. The van der Waals surface area contributed by atoms with E-state index in [4.69, 9.17) is 9.47 Å². The van der Waals surface area contributed by atoms with Crippen LogP contribution in [0.15, 0.2) is 36.4 Å². The van der Waals surface area contributed by atoms with Crippen LogP contribution in [-0.2, 0) is 4.79 Å². The van der Waals surface area contributed by atoms with Crippen LogP contribution in [0.1, 0.15) is 20.3 Å². The molecule has 0 spiro atoms. The number of aromatic nitrogens is 2. The smallest absolute Gasteiger partial charge is 0.319 e. The normalized spacial score (nSPS) is 13.8. The molecule has 2 heterocycles. The summed E-state index contributed by atoms with van der Waals surface area (Å²) < 4.78 is 37.6. The molecule has 0 saturated heterocycles. The first-order valence-electron chi connectivity index (χ1n) is 10.4. The SMILES string of the molecule is CC[C@@H](C)[C@@H](NC(=O)Nc1ccc(F)cc1F)C(=O)Nc1nnc(-c2ccc3c(c2)OCO3)s1. The van der Waals surface area contributed by atoms with Gasteiger partial charge in [0.05, 0.1) is 5.69 Å². The number of nitrogens with zero attached hydrogens (tertiary/aromatic N) is 2. The molecule has 2 atom stereocenters. The number of urea groups is 1. The topological polar surface area (TPSA) is 114 Å². The number of amides is 3. The Labute approximate surface area is 197 Å². The van der Waals surface area contributed by atoms with Crippen molar-refractivity contribution >= 4 is 34.1 Å². The molecule has 4 rings (SSSR count). The number of ether oxygens (including phenoxy) is 2. The number of hydrogen-bond donors (Lipinski definition) is 3. The number of benzene rings is 2. The van der Waals surface area contributed by atoms with Crippen LogP contribution in [0.25, 0.3) is 10.6 Å². The van der Waals surface area contributed by atoms with E-state index in [0.29, 0.717) is 29.0 Å². The molecule has 1 aliphatic rings. The summed E-state index contributed by atoms with van der Waals surface area (Å²) in [6, 6.07) is 6.38. The molecule has 178 valence electrons. The zero-order valence-electron chi connectivity index (χ0n) is 18.2. The number of nitrogens with one attached hydrogen (secondary N) is 3. The summed E-state index contributed by atoms with van der Waals surface area (Å²) >= 11 is 1.16. The number of carbonyl (C=O) groups excluding carboxylic acids is 2. The largest absolute Gasteiger partial charge is 0.454 e. The van der Waals surface area contributed by atoms with Crippen molar-refractivity contribution in [3.05, 3.63) is 48.0 Å². The highest BCUT2D eigenvalue weighted by Crippen LogP contribution is 2.37. The molecule has 9 nitrogen and oxygen atoms in total. The van der Waals surface area contributed by atoms with Gasteiger partial charge in [-0.1, -0.05) is 31.6 Å². The monoisotopic (exact) mass is 489 g/mol. The van der Waals surface area contributed by atoms with Gasteiger partial charge in [-0.2, -0.15) is 0 Å². The minimum absolute atomic E-state index is 0.154. The van der Waals surface area contributed by atoms with Crippen LogP contribution in [0.5, 0.6) is 11.5 Å². The first kappa shape index (κ1) is 23.4. The number of halogens is 2. The van der Waals surface area contributed by atoms with Crippen molar-refractivity contribution < 1.29 is 27.8 Å². The fourth-order valence-corrected chi connectivity index (χ4v) is 3.94. The Bertz CT molecular complexity index is 1220. The van der Waals surface area contributed by atoms with E-state index in [0.717, 1.165) is 29.0 Å². The van der Waals surface area contributed by atoms with Gasteiger partial charge in [-0.3, -0.25) is 10.1 Å². The Balaban J connectivity index is 1.43. The lowest BCUT2D eigenvalue weighted by atomic mass is 9.98. The first-order valence-corrected chi connectivity index (χ1v) is 11.2. The standard InChI is InChI=1S/C22H21F2N5O4S/c1-3-11(2)18(26-21(31)25-15-6-5-13(23)9-14(15)24)19(30)27-22-29-28-20(34-22)12-4-7-16-17(8-12)33-10-32-16/h4-9,11,18H,3,10H2,1-2H3,(H2,25,26,31)(H,27,29,30)/t11-,18-/m1/s1. The van der Waals surface area contributed by atoms with Crippen LogP contribution >= 0.6 is 11.3 Å². The van der Waals surface area contributed by atoms with Crippen molar-refractivity contribution in [2.24, 2.45) is 5.92 Å². The number of hydrogen-bond acceptors (Lipinski definition) is 7. The molecule has 12 heteroatoms. The fourth-order valence-electron chi connectivity index (χ4n) is 3.20. The molecule has 2 aromatic carbocycles. The van der Waals surface area contributed by atoms with E-state index < -0.39 is 29.6 Å². The van der Waals surface area contributed by atoms with Crippen LogP contribution in [-0.4, -0.2) is 35.0 Å². The third kappa shape index (κ3) is 5.22. The van der Waals surface area contributed by atoms with Gasteiger partial charge in [0.15, 0.2) is 11.5 Å². The zero-order valence-corrected chi connectivity index (χ0v) is 19.0. The minimum atomic E-state index is -0.939. The average molecular weight is 490 g/mol. The summed E-state index contributed by atoms with van der Waals surface area (Å²) in [7, 11) is 0. The molecule has 3 aromatic rings. The molecule has 1 aromatic heterocycles. The molecule has 1 aliphatic heterocycles. The van der Waals surface area contributed by atoms with Crippen LogP contribution < -0.4 is 25.4 Å². The second kappa shape index (κ2) is 10.00. The maximum absolute atomic E-state index is 13.8. The molecular weight excluding hydrogens is 468 g/mol. The predicted octanol–water partition coefficient (Wildman–Crippen LogP) is 4.39. The second-order valence-corrected chi connectivity index (χ2v) is 8.53. The third-order valence-corrected chi connectivity index (χ3v) is 6.12. The van der Waals surface area contributed by atoms with Crippen LogP contribution in [0.2, 0.25) is 0 Å². The first-order chi connectivity index (χ1) is 16.3. The van der Waals surface area contributed by atoms with Gasteiger partial charge in [-0.15, -0.1) is 10.2 Å². The van der Waals surface area contributed by atoms with Gasteiger partial charge in [0.2, 0.25) is 17.8 Å². The maximum Gasteiger partial charge on any atom is 0.319 e. The molecule has 3 amide bonds. The molecule has 0 fully saturated rings. The zero-order chi connectivity index (χ0) is 24.2. The van der Waals surface area contributed by atoms with Crippen LogP contribution in [0, 0.1) is 17.6 Å². The van der Waals surface area contributed by atoms with Crippen molar-refractivity contribution in [2.45, 2.75) is 26.3 Å². The van der Waals surface area contributed by atoms with Crippen molar-refractivity contribution in [1.82, 2.24) is 15.5 Å². The summed E-state index contributed by atoms with van der Waals surface area (Å²) in [5.74, 6) is -1.20. The second-order valence-electron chi connectivity index (χ2n) is 7.56. The van der Waals surface area contributed by atoms with Crippen molar-refractivity contribution in [1.29, 1.82) is 0 Å². The minimum Gasteiger partial charge on any atom is -0.454 e. The van der Waals surface area contributed by atoms with Crippen molar-refractivity contribution in [3.8, 4) is 22.1 Å². The van der Waals surface area contributed by atoms with E-state index in [1.54, 1.807) is 19.1 Å². The van der Waals surface area contributed by atoms with Crippen molar-refractivity contribution in [2.75, 3.05) is 17.4 Å². The summed E-state index contributed by atoms with van der Waals surface area (Å²) in [5.41, 5.74) is 0.541. The van der Waals surface area contributed by atoms with Gasteiger partial charge in [-0.25, -0.2) is 13.6 Å². The van der Waals surface area contributed by atoms with E-state index in [1.165, 1.54) is 0 Å². The predicted molar refractivity (Wildman–Crippen MR) is 122 cm³/mol. The van der Waals surface area contributed by atoms with Gasteiger partial charge in [0, 0.05) is 11.6 Å². The maximum atomic E-state index is 13.8. The average Bonchev–Trinajstić information content (AvgIpc) is 3.47. The highest BCUT2D eigenvalue weighted by molar-refractivity contribution is 7.18. The number of rotatable bonds is 7. The van der Waals surface area contributed by atoms with Gasteiger partial charge in [0.25, 0.3) is 0 Å². The summed E-state index contributed by atoms with van der Waals surface area (Å²) in [6.45, 7) is 3.82. The van der Waals surface area contributed by atoms with Gasteiger partial charge >= 0.3 is 6.03 Å². The number of fused-ring (bicyclic) bond motifs is 1. The highest BCUT2D eigenvalue weighted by atomic mass is 32.1. The summed E-state index contributed by atoms with van der Waals surface area (Å²) in [6.07, 6.45) is 0.585. The highest BCUT2D eigenvalue weighted by Gasteiger charge is 2.27. The lowest BCUT2D eigenvalue weighted by Gasteiger charge is -2.23. The molecule has 0 unspecified atom stereocenters. The van der Waals surface area contributed by atoms with Crippen LogP contribution in [0.4, 0.5) is 24.4 Å². The Morgan fingerprint density at radius 2 is 1.88 bits per heavy atom. The molecule has 0 radical (unpaired) electrons. The Hall–Kier alpha value is -3.80. The molecule has 0 aliphatic carbocycles. The Morgan fingerprint density at radius 3 is 2.65 bits per heavy atom. The number of anilines is 2. The van der Waals surface area contributed by atoms with E-state index in [2.05, 4.69) is 26.1 Å². The third-order valence-electron chi connectivity index (χ3n) is 5.24. The summed E-state index contributed by atoms with van der Waals surface area (Å²) in [5, 5.41) is 16.4. The molecule has 0 saturated carbocycles. The number of carbonyl (C=O) groups is 2. The van der Waals surface area contributed by atoms with Gasteiger partial charge in [-0.05, 0) is 36.2 Å².